The SMILES string of the molecule is CC(C)n1ccnc1-c1cccc(N2Cc3cc4c(cc3C2=O)OC2(CC2)C4)n1. The van der Waals surface area contributed by atoms with Crippen LogP contribution in [-0.4, -0.2) is 26.0 Å². The van der Waals surface area contributed by atoms with Gasteiger partial charge in [0.05, 0.1) is 6.54 Å². The third-order valence-corrected chi connectivity index (χ3v) is 6.20. The van der Waals surface area contributed by atoms with Crippen LogP contribution in [0.5, 0.6) is 5.75 Å². The zero-order valence-electron chi connectivity index (χ0n) is 16.6. The molecule has 1 saturated carbocycles. The maximum atomic E-state index is 13.2. The summed E-state index contributed by atoms with van der Waals surface area (Å²) in [5, 5.41) is 0. The molecule has 0 atom stereocenters. The number of rotatable bonds is 3. The van der Waals surface area contributed by atoms with Crippen molar-refractivity contribution < 1.29 is 9.53 Å². The monoisotopic (exact) mass is 386 g/mol. The van der Waals surface area contributed by atoms with Crippen molar-refractivity contribution in [1.29, 1.82) is 0 Å². The van der Waals surface area contributed by atoms with E-state index in [1.165, 1.54) is 5.56 Å². The summed E-state index contributed by atoms with van der Waals surface area (Å²) < 4.78 is 8.21. The molecule has 2 aliphatic heterocycles. The highest BCUT2D eigenvalue weighted by Gasteiger charge is 2.50. The molecule has 3 aromatic rings. The Morgan fingerprint density at radius 2 is 2.03 bits per heavy atom. The van der Waals surface area contributed by atoms with Gasteiger partial charge in [0.15, 0.2) is 5.82 Å². The molecular formula is C23H22N4O2. The van der Waals surface area contributed by atoms with Crippen molar-refractivity contribution in [2.24, 2.45) is 0 Å². The normalized spacial score (nSPS) is 18.3. The Bertz CT molecular complexity index is 1160. The molecule has 0 radical (unpaired) electrons. The average Bonchev–Trinajstić information content (AvgIpc) is 3.07. The summed E-state index contributed by atoms with van der Waals surface area (Å²) in [5.74, 6) is 2.34. The molecule has 0 saturated heterocycles. The minimum absolute atomic E-state index is 0.0139. The van der Waals surface area contributed by atoms with E-state index in [0.29, 0.717) is 12.4 Å². The molecule has 1 amide bonds. The minimum atomic E-state index is -0.0139. The van der Waals surface area contributed by atoms with Crippen LogP contribution in [0.25, 0.3) is 11.5 Å². The quantitative estimate of drug-likeness (QED) is 0.678. The molecule has 1 aliphatic carbocycles. The van der Waals surface area contributed by atoms with E-state index in [0.717, 1.165) is 47.7 Å². The van der Waals surface area contributed by atoms with Crippen LogP contribution in [0, 0.1) is 0 Å². The highest BCUT2D eigenvalue weighted by molar-refractivity contribution is 6.10. The molecule has 0 bridgehead atoms. The van der Waals surface area contributed by atoms with Gasteiger partial charge in [0.25, 0.3) is 5.91 Å². The van der Waals surface area contributed by atoms with Crippen molar-refractivity contribution >= 4 is 11.7 Å². The van der Waals surface area contributed by atoms with Gasteiger partial charge >= 0.3 is 0 Å². The lowest BCUT2D eigenvalue weighted by Gasteiger charge is -2.16. The molecule has 1 aromatic carbocycles. The van der Waals surface area contributed by atoms with Crippen LogP contribution in [-0.2, 0) is 13.0 Å². The predicted octanol–water partition coefficient (Wildman–Crippen LogP) is 4.15. The summed E-state index contributed by atoms with van der Waals surface area (Å²) in [4.78, 5) is 24.2. The van der Waals surface area contributed by atoms with Crippen LogP contribution in [0.4, 0.5) is 5.82 Å². The number of anilines is 1. The van der Waals surface area contributed by atoms with Crippen molar-refractivity contribution in [1.82, 2.24) is 14.5 Å². The molecule has 1 fully saturated rings. The number of fused-ring (bicyclic) bond motifs is 2. The summed E-state index contributed by atoms with van der Waals surface area (Å²) in [6.45, 7) is 4.77. The second-order valence-electron chi connectivity index (χ2n) is 8.60. The highest BCUT2D eigenvalue weighted by atomic mass is 16.5. The van der Waals surface area contributed by atoms with E-state index in [-0.39, 0.29) is 17.6 Å². The largest absolute Gasteiger partial charge is 0.487 e. The number of imidazole rings is 1. The van der Waals surface area contributed by atoms with E-state index in [1.54, 1.807) is 11.1 Å². The highest BCUT2D eigenvalue weighted by Crippen LogP contribution is 2.51. The standard InChI is InChI=1S/C23H22N4O2/c1-14(2)26-9-8-24-21(26)18-4-3-5-20(25-18)27-13-16-10-15-12-23(6-7-23)29-19(15)11-17(16)22(27)28/h3-5,8-11,14H,6-7,12-13H2,1-2H3. The predicted molar refractivity (Wildman–Crippen MR) is 109 cm³/mol. The first-order chi connectivity index (χ1) is 14.0. The van der Waals surface area contributed by atoms with Crippen LogP contribution >= 0.6 is 0 Å². The molecule has 1 spiro atoms. The molecule has 6 rings (SSSR count). The molecule has 6 heteroatoms. The Kier molecular flexibility index (Phi) is 3.29. The van der Waals surface area contributed by atoms with Crippen LogP contribution in [0.1, 0.15) is 54.2 Å². The van der Waals surface area contributed by atoms with Gasteiger partial charge in [-0.25, -0.2) is 9.97 Å². The number of benzene rings is 1. The Morgan fingerprint density at radius 1 is 1.17 bits per heavy atom. The van der Waals surface area contributed by atoms with E-state index < -0.39 is 0 Å². The molecule has 4 heterocycles. The Labute approximate surface area is 169 Å². The Morgan fingerprint density at radius 3 is 2.83 bits per heavy atom. The molecule has 29 heavy (non-hydrogen) atoms. The fourth-order valence-corrected chi connectivity index (χ4v) is 4.47. The van der Waals surface area contributed by atoms with Gasteiger partial charge in [-0.05, 0) is 62.1 Å². The van der Waals surface area contributed by atoms with Gasteiger partial charge < -0.3 is 9.30 Å². The number of ether oxygens (including phenoxy) is 1. The number of hydrogen-bond acceptors (Lipinski definition) is 4. The second-order valence-corrected chi connectivity index (χ2v) is 8.60. The van der Waals surface area contributed by atoms with Crippen LogP contribution in [0.2, 0.25) is 0 Å². The van der Waals surface area contributed by atoms with E-state index in [2.05, 4.69) is 29.5 Å². The van der Waals surface area contributed by atoms with Gasteiger partial charge in [0.2, 0.25) is 0 Å². The van der Waals surface area contributed by atoms with Gasteiger partial charge in [0.1, 0.15) is 22.9 Å². The number of pyridine rings is 1. The Hall–Kier alpha value is -3.15. The average molecular weight is 386 g/mol. The zero-order chi connectivity index (χ0) is 19.8. The lowest BCUT2D eigenvalue weighted by atomic mass is 10.0. The summed E-state index contributed by atoms with van der Waals surface area (Å²) in [6.07, 6.45) is 6.95. The van der Waals surface area contributed by atoms with E-state index in [9.17, 15) is 4.79 Å². The van der Waals surface area contributed by atoms with Gasteiger partial charge in [-0.2, -0.15) is 0 Å². The summed E-state index contributed by atoms with van der Waals surface area (Å²) in [7, 11) is 0. The fourth-order valence-electron chi connectivity index (χ4n) is 4.47. The van der Waals surface area contributed by atoms with Crippen molar-refractivity contribution in [3.05, 3.63) is 59.4 Å². The van der Waals surface area contributed by atoms with Crippen molar-refractivity contribution in [2.45, 2.75) is 51.3 Å². The molecular weight excluding hydrogens is 364 g/mol. The van der Waals surface area contributed by atoms with Crippen molar-refractivity contribution in [2.75, 3.05) is 4.90 Å². The number of hydrogen-bond donors (Lipinski definition) is 0. The van der Waals surface area contributed by atoms with Crippen LogP contribution in [0.15, 0.2) is 42.7 Å². The molecule has 0 N–H and O–H groups in total. The molecule has 146 valence electrons. The maximum absolute atomic E-state index is 13.2. The smallest absolute Gasteiger partial charge is 0.260 e. The third kappa shape index (κ3) is 2.51. The molecule has 6 nitrogen and oxygen atoms in total. The van der Waals surface area contributed by atoms with Gasteiger partial charge in [-0.3, -0.25) is 9.69 Å². The fraction of sp³-hybridized carbons (Fsp3) is 0.348. The lowest BCUT2D eigenvalue weighted by Crippen LogP contribution is -2.24. The molecule has 2 aromatic heterocycles. The van der Waals surface area contributed by atoms with E-state index in [1.807, 2.05) is 30.5 Å². The molecule has 3 aliphatic rings. The molecule has 0 unspecified atom stereocenters. The number of nitrogens with zero attached hydrogens (tertiary/aromatic N) is 4. The number of carbonyl (C=O) groups is 1. The zero-order valence-corrected chi connectivity index (χ0v) is 16.6. The summed E-state index contributed by atoms with van der Waals surface area (Å²) >= 11 is 0. The first-order valence-corrected chi connectivity index (χ1v) is 10.2. The first kappa shape index (κ1) is 16.8. The number of carbonyl (C=O) groups excluding carboxylic acids is 1. The topological polar surface area (TPSA) is 60.2 Å². The third-order valence-electron chi connectivity index (χ3n) is 6.20. The number of aromatic nitrogens is 3. The van der Waals surface area contributed by atoms with Crippen molar-refractivity contribution in [3.8, 4) is 17.3 Å². The first-order valence-electron chi connectivity index (χ1n) is 10.2. The van der Waals surface area contributed by atoms with Crippen LogP contribution < -0.4 is 9.64 Å². The number of amides is 1. The van der Waals surface area contributed by atoms with Gasteiger partial charge in [0, 0.05) is 30.4 Å². The van der Waals surface area contributed by atoms with E-state index >= 15 is 0 Å². The van der Waals surface area contributed by atoms with Crippen molar-refractivity contribution in [3.63, 3.8) is 0 Å². The van der Waals surface area contributed by atoms with Gasteiger partial charge in [-0.1, -0.05) is 6.07 Å². The Balaban J connectivity index is 1.34. The maximum Gasteiger partial charge on any atom is 0.260 e. The van der Waals surface area contributed by atoms with E-state index in [4.69, 9.17) is 9.72 Å². The summed E-state index contributed by atoms with van der Waals surface area (Å²) in [5.41, 5.74) is 3.83. The lowest BCUT2D eigenvalue weighted by molar-refractivity contribution is 0.0995. The summed E-state index contributed by atoms with van der Waals surface area (Å²) in [6, 6.07) is 10.1. The second kappa shape index (κ2) is 5.69. The minimum Gasteiger partial charge on any atom is -0.487 e. The van der Waals surface area contributed by atoms with Gasteiger partial charge in [-0.15, -0.1) is 0 Å². The van der Waals surface area contributed by atoms with Crippen LogP contribution in [0.3, 0.4) is 0 Å².